The fourth-order valence-corrected chi connectivity index (χ4v) is 6.20. The molecule has 2 N–H and O–H groups in total. The highest BCUT2D eigenvalue weighted by Crippen LogP contribution is 2.49. The molecule has 194 valence electrons. The van der Waals surface area contributed by atoms with Crippen LogP contribution in [0.1, 0.15) is 65.7 Å². The Morgan fingerprint density at radius 3 is 2.60 bits per heavy atom. The SMILES string of the molecule is CC(C)=CCC/C(C)=C/CO/N=C1/C[C@@H](O)[C@@H](O)[C@@H]2[C@@H]3C(=O)N(C[C@@H]4CCCO4)C(=O)[C@H]3CC[C@@H]12. The largest absolute Gasteiger partial charge is 0.392 e. The molecule has 0 radical (unpaired) electrons. The molecule has 0 unspecified atom stereocenters. The Morgan fingerprint density at radius 2 is 1.89 bits per heavy atom. The Labute approximate surface area is 208 Å². The van der Waals surface area contributed by atoms with E-state index in [1.807, 2.05) is 6.08 Å². The van der Waals surface area contributed by atoms with E-state index in [1.54, 1.807) is 0 Å². The first-order valence-corrected chi connectivity index (χ1v) is 13.1. The molecule has 8 heteroatoms. The summed E-state index contributed by atoms with van der Waals surface area (Å²) < 4.78 is 5.65. The van der Waals surface area contributed by atoms with Crippen molar-refractivity contribution < 1.29 is 29.4 Å². The highest BCUT2D eigenvalue weighted by atomic mass is 16.6. The lowest BCUT2D eigenvalue weighted by atomic mass is 9.60. The molecular weight excluding hydrogens is 448 g/mol. The minimum absolute atomic E-state index is 0.107. The number of ether oxygens (including phenoxy) is 1. The molecule has 2 aliphatic heterocycles. The number of aliphatic hydroxyl groups excluding tert-OH is 2. The lowest BCUT2D eigenvalue weighted by Gasteiger charge is -2.45. The van der Waals surface area contributed by atoms with Crippen LogP contribution in [0.25, 0.3) is 0 Å². The Balaban J connectivity index is 1.43. The maximum atomic E-state index is 13.4. The smallest absolute Gasteiger partial charge is 0.233 e. The molecule has 7 atom stereocenters. The molecule has 2 amide bonds. The minimum atomic E-state index is -1.07. The van der Waals surface area contributed by atoms with E-state index in [4.69, 9.17) is 9.57 Å². The lowest BCUT2D eigenvalue weighted by molar-refractivity contribution is -0.143. The van der Waals surface area contributed by atoms with Crippen molar-refractivity contribution in [1.29, 1.82) is 0 Å². The van der Waals surface area contributed by atoms with Crippen molar-refractivity contribution in [3.63, 3.8) is 0 Å². The highest BCUT2D eigenvalue weighted by Gasteiger charge is 2.59. The number of rotatable bonds is 8. The molecule has 2 saturated heterocycles. The summed E-state index contributed by atoms with van der Waals surface area (Å²) in [7, 11) is 0. The van der Waals surface area contributed by atoms with Crippen LogP contribution < -0.4 is 0 Å². The minimum Gasteiger partial charge on any atom is -0.392 e. The number of hydrogen-bond donors (Lipinski definition) is 2. The van der Waals surface area contributed by atoms with E-state index < -0.39 is 30.0 Å². The summed E-state index contributed by atoms with van der Waals surface area (Å²) in [4.78, 5) is 33.4. The maximum absolute atomic E-state index is 13.4. The third-order valence-electron chi connectivity index (χ3n) is 8.06. The Bertz CT molecular complexity index is 886. The zero-order valence-corrected chi connectivity index (χ0v) is 21.2. The van der Waals surface area contributed by atoms with Crippen molar-refractivity contribution in [3.8, 4) is 0 Å². The van der Waals surface area contributed by atoms with Crippen LogP contribution in [-0.2, 0) is 19.2 Å². The Morgan fingerprint density at radius 1 is 1.11 bits per heavy atom. The van der Waals surface area contributed by atoms with Crippen LogP contribution in [0.5, 0.6) is 0 Å². The van der Waals surface area contributed by atoms with Crippen molar-refractivity contribution in [2.45, 2.75) is 84.0 Å². The average Bonchev–Trinajstić information content (AvgIpc) is 3.42. The first-order valence-electron chi connectivity index (χ1n) is 13.1. The molecule has 0 aromatic rings. The van der Waals surface area contributed by atoms with Crippen molar-refractivity contribution in [2.24, 2.45) is 28.8 Å². The fourth-order valence-electron chi connectivity index (χ4n) is 6.20. The van der Waals surface area contributed by atoms with Crippen molar-refractivity contribution in [1.82, 2.24) is 4.90 Å². The van der Waals surface area contributed by atoms with Crippen molar-refractivity contribution in [2.75, 3.05) is 19.8 Å². The molecule has 2 saturated carbocycles. The van der Waals surface area contributed by atoms with Crippen LogP contribution in [0, 0.1) is 23.7 Å². The molecule has 2 aliphatic carbocycles. The average molecular weight is 489 g/mol. The number of oxime groups is 1. The molecule has 8 nitrogen and oxygen atoms in total. The van der Waals surface area contributed by atoms with Gasteiger partial charge in [0.2, 0.25) is 11.8 Å². The second-order valence-corrected chi connectivity index (χ2v) is 10.8. The number of hydrogen-bond acceptors (Lipinski definition) is 7. The number of nitrogens with zero attached hydrogens (tertiary/aromatic N) is 2. The zero-order chi connectivity index (χ0) is 25.1. The molecule has 0 aromatic heterocycles. The van der Waals surface area contributed by atoms with Crippen LogP contribution >= 0.6 is 0 Å². The summed E-state index contributed by atoms with van der Waals surface area (Å²) in [6.45, 7) is 7.52. The number of likely N-dealkylation sites (tertiary alicyclic amines) is 1. The first-order chi connectivity index (χ1) is 16.8. The Kier molecular flexibility index (Phi) is 8.45. The quantitative estimate of drug-likeness (QED) is 0.235. The molecule has 2 heterocycles. The van der Waals surface area contributed by atoms with E-state index >= 15 is 0 Å². The first kappa shape index (κ1) is 26.0. The van der Waals surface area contributed by atoms with E-state index in [9.17, 15) is 19.8 Å². The standard InChI is InChI=1S/C27H40N2O6/c1-16(2)6-4-7-17(3)11-13-35-28-21-14-22(30)25(31)23-19(21)9-10-20-24(23)27(33)29(26(20)32)15-18-8-5-12-34-18/h6,11,18-20,22-25,30-31H,4-5,7-10,12-15H2,1-3H3/b17-11+,28-21-/t18-,19-,20-,22+,23-,24+,25+/m0/s1. The van der Waals surface area contributed by atoms with E-state index in [0.29, 0.717) is 31.8 Å². The van der Waals surface area contributed by atoms with Gasteiger partial charge >= 0.3 is 0 Å². The van der Waals surface area contributed by atoms with Gasteiger partial charge in [-0.2, -0.15) is 0 Å². The van der Waals surface area contributed by atoms with Crippen LogP contribution in [0.15, 0.2) is 28.5 Å². The van der Waals surface area contributed by atoms with Gasteiger partial charge in [-0.15, -0.1) is 0 Å². The Hall–Kier alpha value is -2.03. The number of carbonyl (C=O) groups excluding carboxylic acids is 2. The van der Waals surface area contributed by atoms with Gasteiger partial charge in [-0.1, -0.05) is 22.4 Å². The molecule has 0 spiro atoms. The van der Waals surface area contributed by atoms with Gasteiger partial charge in [0.25, 0.3) is 0 Å². The van der Waals surface area contributed by atoms with Gasteiger partial charge in [0.05, 0.1) is 42.4 Å². The molecule has 4 rings (SSSR count). The summed E-state index contributed by atoms with van der Waals surface area (Å²) in [5.74, 6) is -2.20. The van der Waals surface area contributed by atoms with Crippen molar-refractivity contribution in [3.05, 3.63) is 23.3 Å². The van der Waals surface area contributed by atoms with Gasteiger partial charge < -0.3 is 19.8 Å². The second-order valence-electron chi connectivity index (χ2n) is 10.8. The molecule has 4 fully saturated rings. The number of amides is 2. The maximum Gasteiger partial charge on any atom is 0.233 e. The summed E-state index contributed by atoms with van der Waals surface area (Å²) in [6.07, 6.45) is 7.17. The van der Waals surface area contributed by atoms with E-state index in [-0.39, 0.29) is 36.8 Å². The summed E-state index contributed by atoms with van der Waals surface area (Å²) in [5.41, 5.74) is 3.21. The van der Waals surface area contributed by atoms with Crippen LogP contribution in [0.4, 0.5) is 0 Å². The van der Waals surface area contributed by atoms with Crippen LogP contribution in [0.3, 0.4) is 0 Å². The third kappa shape index (κ3) is 5.70. The predicted molar refractivity (Wildman–Crippen MR) is 131 cm³/mol. The fraction of sp³-hybridized carbons (Fsp3) is 0.741. The van der Waals surface area contributed by atoms with Gasteiger partial charge in [0.15, 0.2) is 0 Å². The van der Waals surface area contributed by atoms with E-state index in [2.05, 4.69) is 32.0 Å². The van der Waals surface area contributed by atoms with Gasteiger partial charge in [-0.05, 0) is 65.4 Å². The molecular formula is C27H40N2O6. The topological polar surface area (TPSA) is 109 Å². The second kappa shape index (κ2) is 11.4. The molecule has 35 heavy (non-hydrogen) atoms. The molecule has 4 aliphatic rings. The predicted octanol–water partition coefficient (Wildman–Crippen LogP) is 2.98. The number of imide groups is 1. The summed E-state index contributed by atoms with van der Waals surface area (Å²) in [6, 6.07) is 0. The van der Waals surface area contributed by atoms with E-state index in [0.717, 1.165) is 25.7 Å². The third-order valence-corrected chi connectivity index (χ3v) is 8.06. The number of aliphatic hydroxyl groups is 2. The van der Waals surface area contributed by atoms with Gasteiger partial charge in [0.1, 0.15) is 6.61 Å². The van der Waals surface area contributed by atoms with Gasteiger partial charge in [-0.3, -0.25) is 14.5 Å². The van der Waals surface area contributed by atoms with Crippen LogP contribution in [-0.4, -0.2) is 70.7 Å². The lowest BCUT2D eigenvalue weighted by Crippen LogP contribution is -2.54. The number of carbonyl (C=O) groups is 2. The van der Waals surface area contributed by atoms with Crippen molar-refractivity contribution >= 4 is 17.5 Å². The molecule has 0 bridgehead atoms. The summed E-state index contributed by atoms with van der Waals surface area (Å²) in [5, 5.41) is 25.9. The summed E-state index contributed by atoms with van der Waals surface area (Å²) >= 11 is 0. The van der Waals surface area contributed by atoms with Gasteiger partial charge in [-0.25, -0.2) is 0 Å². The monoisotopic (exact) mass is 488 g/mol. The number of allylic oxidation sites excluding steroid dienone is 3. The zero-order valence-electron chi connectivity index (χ0n) is 21.2. The number of fused-ring (bicyclic) bond motifs is 3. The van der Waals surface area contributed by atoms with E-state index in [1.165, 1.54) is 16.0 Å². The highest BCUT2D eigenvalue weighted by molar-refractivity contribution is 6.06. The normalized spacial score (nSPS) is 36.4. The van der Waals surface area contributed by atoms with Gasteiger partial charge in [0, 0.05) is 24.9 Å². The molecule has 0 aromatic carbocycles. The van der Waals surface area contributed by atoms with Crippen LogP contribution in [0.2, 0.25) is 0 Å².